The third-order valence-corrected chi connectivity index (χ3v) is 5.05. The Morgan fingerprint density at radius 2 is 1.80 bits per heavy atom. The Hall–Kier alpha value is -3.15. The Morgan fingerprint density at radius 3 is 2.43 bits per heavy atom. The second kappa shape index (κ2) is 10.1. The standard InChI is InChI=1S/C24H29N3O3/c1-17(2)16-25-23(28)13-14-24(29)27-22(19-9-11-20(30-3)12-10-19)15-21(26-27)18-7-5-4-6-8-18/h4-12,17,22H,13-16H2,1-3H3,(H,25,28). The van der Waals surface area contributed by atoms with E-state index in [2.05, 4.69) is 10.4 Å². The van der Waals surface area contributed by atoms with Crippen molar-refractivity contribution in [3.05, 3.63) is 65.7 Å². The molecule has 158 valence electrons. The number of nitrogens with one attached hydrogen (secondary N) is 1. The number of hydrogen-bond donors (Lipinski definition) is 1. The molecule has 0 bridgehead atoms. The lowest BCUT2D eigenvalue weighted by Crippen LogP contribution is -2.31. The van der Waals surface area contributed by atoms with Crippen molar-refractivity contribution in [3.63, 3.8) is 0 Å². The summed E-state index contributed by atoms with van der Waals surface area (Å²) in [4.78, 5) is 25.0. The number of nitrogens with zero attached hydrogens (tertiary/aromatic N) is 2. The second-order valence-electron chi connectivity index (χ2n) is 7.84. The highest BCUT2D eigenvalue weighted by Crippen LogP contribution is 2.34. The Balaban J connectivity index is 1.76. The number of ether oxygens (including phenoxy) is 1. The van der Waals surface area contributed by atoms with E-state index in [0.717, 1.165) is 22.6 Å². The van der Waals surface area contributed by atoms with Crippen molar-refractivity contribution in [1.29, 1.82) is 0 Å². The molecule has 1 N–H and O–H groups in total. The molecule has 1 atom stereocenters. The monoisotopic (exact) mass is 407 g/mol. The minimum Gasteiger partial charge on any atom is -0.497 e. The van der Waals surface area contributed by atoms with E-state index in [1.807, 2.05) is 68.4 Å². The average Bonchev–Trinajstić information content (AvgIpc) is 3.22. The summed E-state index contributed by atoms with van der Waals surface area (Å²) in [6, 6.07) is 17.4. The predicted octanol–water partition coefficient (Wildman–Crippen LogP) is 3.93. The van der Waals surface area contributed by atoms with Gasteiger partial charge < -0.3 is 10.1 Å². The van der Waals surface area contributed by atoms with Crippen LogP contribution in [0.5, 0.6) is 5.75 Å². The van der Waals surface area contributed by atoms with Crippen LogP contribution >= 0.6 is 0 Å². The maximum Gasteiger partial charge on any atom is 0.243 e. The first-order valence-corrected chi connectivity index (χ1v) is 10.3. The minimum absolute atomic E-state index is 0.107. The van der Waals surface area contributed by atoms with Gasteiger partial charge in [0.05, 0.1) is 18.9 Å². The lowest BCUT2D eigenvalue weighted by atomic mass is 9.98. The van der Waals surface area contributed by atoms with Gasteiger partial charge in [0.25, 0.3) is 0 Å². The molecular weight excluding hydrogens is 378 g/mol. The fraction of sp³-hybridized carbons (Fsp3) is 0.375. The van der Waals surface area contributed by atoms with Gasteiger partial charge in [0, 0.05) is 25.8 Å². The Kier molecular flexibility index (Phi) is 7.22. The molecule has 2 aromatic carbocycles. The fourth-order valence-corrected chi connectivity index (χ4v) is 3.37. The van der Waals surface area contributed by atoms with Gasteiger partial charge in [-0.25, -0.2) is 5.01 Å². The van der Waals surface area contributed by atoms with Crippen LogP contribution in [0.2, 0.25) is 0 Å². The van der Waals surface area contributed by atoms with Gasteiger partial charge in [-0.3, -0.25) is 9.59 Å². The number of methoxy groups -OCH3 is 1. The summed E-state index contributed by atoms with van der Waals surface area (Å²) in [6.07, 6.45) is 0.914. The first kappa shape index (κ1) is 21.6. The van der Waals surface area contributed by atoms with Gasteiger partial charge in [-0.2, -0.15) is 5.10 Å². The van der Waals surface area contributed by atoms with E-state index < -0.39 is 0 Å². The van der Waals surface area contributed by atoms with Crippen molar-refractivity contribution in [2.45, 2.75) is 39.2 Å². The van der Waals surface area contributed by atoms with Gasteiger partial charge in [0.2, 0.25) is 11.8 Å². The number of amides is 2. The number of carbonyl (C=O) groups excluding carboxylic acids is 2. The van der Waals surface area contributed by atoms with Crippen molar-refractivity contribution >= 4 is 17.5 Å². The molecular formula is C24H29N3O3. The zero-order valence-electron chi connectivity index (χ0n) is 17.8. The molecule has 0 aliphatic carbocycles. The van der Waals surface area contributed by atoms with Crippen molar-refractivity contribution in [2.75, 3.05) is 13.7 Å². The SMILES string of the molecule is COc1ccc(C2CC(c3ccccc3)=NN2C(=O)CCC(=O)NCC(C)C)cc1. The average molecular weight is 408 g/mol. The number of rotatable bonds is 8. The van der Waals surface area contributed by atoms with Crippen LogP contribution in [-0.2, 0) is 9.59 Å². The number of benzene rings is 2. The van der Waals surface area contributed by atoms with E-state index in [1.54, 1.807) is 12.1 Å². The molecule has 0 fully saturated rings. The summed E-state index contributed by atoms with van der Waals surface area (Å²) in [5.74, 6) is 0.882. The lowest BCUT2D eigenvalue weighted by Gasteiger charge is -2.22. The van der Waals surface area contributed by atoms with Crippen LogP contribution in [0.3, 0.4) is 0 Å². The fourth-order valence-electron chi connectivity index (χ4n) is 3.37. The molecule has 6 heteroatoms. The summed E-state index contributed by atoms with van der Waals surface area (Å²) >= 11 is 0. The highest BCUT2D eigenvalue weighted by Gasteiger charge is 2.33. The highest BCUT2D eigenvalue weighted by atomic mass is 16.5. The normalized spacial score (nSPS) is 15.8. The maximum absolute atomic E-state index is 13.0. The molecule has 1 aliphatic heterocycles. The molecule has 0 aromatic heterocycles. The smallest absolute Gasteiger partial charge is 0.243 e. The first-order chi connectivity index (χ1) is 14.5. The molecule has 30 heavy (non-hydrogen) atoms. The Morgan fingerprint density at radius 1 is 1.10 bits per heavy atom. The second-order valence-corrected chi connectivity index (χ2v) is 7.84. The number of carbonyl (C=O) groups is 2. The third kappa shape index (κ3) is 5.47. The van der Waals surface area contributed by atoms with E-state index in [4.69, 9.17) is 4.74 Å². The van der Waals surface area contributed by atoms with Gasteiger partial charge >= 0.3 is 0 Å². The van der Waals surface area contributed by atoms with Gasteiger partial charge in [0.15, 0.2) is 0 Å². The third-order valence-electron chi connectivity index (χ3n) is 5.05. The van der Waals surface area contributed by atoms with Crippen LogP contribution < -0.4 is 10.1 Å². The van der Waals surface area contributed by atoms with Crippen molar-refractivity contribution in [2.24, 2.45) is 11.0 Å². The number of hydrazone groups is 1. The van der Waals surface area contributed by atoms with Gasteiger partial charge in [-0.1, -0.05) is 56.3 Å². The topological polar surface area (TPSA) is 71.0 Å². The molecule has 2 amide bonds. The molecule has 0 saturated heterocycles. The van der Waals surface area contributed by atoms with Crippen molar-refractivity contribution in [3.8, 4) is 5.75 Å². The summed E-state index contributed by atoms with van der Waals surface area (Å²) in [5, 5.41) is 9.05. The van der Waals surface area contributed by atoms with Crippen molar-refractivity contribution in [1.82, 2.24) is 10.3 Å². The van der Waals surface area contributed by atoms with E-state index in [-0.39, 0.29) is 30.7 Å². The molecule has 6 nitrogen and oxygen atoms in total. The van der Waals surface area contributed by atoms with Crippen LogP contribution in [-0.4, -0.2) is 36.2 Å². The van der Waals surface area contributed by atoms with E-state index in [0.29, 0.717) is 18.9 Å². The van der Waals surface area contributed by atoms with Crippen molar-refractivity contribution < 1.29 is 14.3 Å². The van der Waals surface area contributed by atoms with Crippen LogP contribution in [0.25, 0.3) is 0 Å². The molecule has 2 aromatic rings. The summed E-state index contributed by atoms with van der Waals surface area (Å²) in [6.45, 7) is 4.69. The van der Waals surface area contributed by atoms with Gasteiger partial charge in [0.1, 0.15) is 5.75 Å². The maximum atomic E-state index is 13.0. The summed E-state index contributed by atoms with van der Waals surface area (Å²) in [5.41, 5.74) is 2.86. The zero-order chi connectivity index (χ0) is 21.5. The van der Waals surface area contributed by atoms with Crippen LogP contribution in [0.4, 0.5) is 0 Å². The molecule has 1 aliphatic rings. The number of hydrogen-bond acceptors (Lipinski definition) is 4. The van der Waals surface area contributed by atoms with E-state index in [9.17, 15) is 9.59 Å². The molecule has 0 saturated carbocycles. The molecule has 1 heterocycles. The largest absolute Gasteiger partial charge is 0.497 e. The Bertz CT molecular complexity index is 892. The zero-order valence-corrected chi connectivity index (χ0v) is 17.8. The van der Waals surface area contributed by atoms with Gasteiger partial charge in [-0.05, 0) is 29.2 Å². The lowest BCUT2D eigenvalue weighted by molar-refractivity contribution is -0.135. The summed E-state index contributed by atoms with van der Waals surface area (Å²) in [7, 11) is 1.63. The van der Waals surface area contributed by atoms with Crippen LogP contribution in [0.15, 0.2) is 59.7 Å². The van der Waals surface area contributed by atoms with Crippen LogP contribution in [0, 0.1) is 5.92 Å². The Labute approximate surface area is 177 Å². The molecule has 0 spiro atoms. The van der Waals surface area contributed by atoms with E-state index >= 15 is 0 Å². The summed E-state index contributed by atoms with van der Waals surface area (Å²) < 4.78 is 5.25. The molecule has 0 radical (unpaired) electrons. The molecule has 1 unspecified atom stereocenters. The van der Waals surface area contributed by atoms with Gasteiger partial charge in [-0.15, -0.1) is 0 Å². The predicted molar refractivity (Wildman–Crippen MR) is 117 cm³/mol. The quantitative estimate of drug-likeness (QED) is 0.721. The highest BCUT2D eigenvalue weighted by molar-refractivity contribution is 6.03. The van der Waals surface area contributed by atoms with E-state index in [1.165, 1.54) is 0 Å². The molecule has 3 rings (SSSR count). The minimum atomic E-state index is -0.197. The first-order valence-electron chi connectivity index (χ1n) is 10.3. The van der Waals surface area contributed by atoms with Crippen LogP contribution in [0.1, 0.15) is 50.3 Å².